The number of hydrogen-bond acceptors (Lipinski definition) is 3. The zero-order chi connectivity index (χ0) is 16.1. The van der Waals surface area contributed by atoms with Crippen LogP contribution in [0.2, 0.25) is 0 Å². The Bertz CT molecular complexity index is 720. The summed E-state index contributed by atoms with van der Waals surface area (Å²) in [5.41, 5.74) is 2.28. The fourth-order valence-corrected chi connectivity index (χ4v) is 2.06. The summed E-state index contributed by atoms with van der Waals surface area (Å²) in [7, 11) is 0. The molecule has 2 amide bonds. The van der Waals surface area contributed by atoms with Crippen LogP contribution in [0.5, 0.6) is 0 Å². The normalized spacial score (nSPS) is 13.7. The number of carbonyl (C=O) groups excluding carboxylic acids is 2. The van der Waals surface area contributed by atoms with Crippen LogP contribution in [0.25, 0.3) is 6.08 Å². The number of pyridine rings is 1. The Hall–Kier alpha value is -2.95. The van der Waals surface area contributed by atoms with E-state index < -0.39 is 0 Å². The van der Waals surface area contributed by atoms with Crippen LogP contribution < -0.4 is 10.6 Å². The number of benzene rings is 1. The van der Waals surface area contributed by atoms with Crippen LogP contribution in [0.3, 0.4) is 0 Å². The van der Waals surface area contributed by atoms with Crippen LogP contribution in [0.4, 0.5) is 11.4 Å². The molecule has 0 atom stereocenters. The molecule has 2 N–H and O–H groups in total. The first-order chi connectivity index (χ1) is 11.2. The Kier molecular flexibility index (Phi) is 4.47. The summed E-state index contributed by atoms with van der Waals surface area (Å²) < 4.78 is 0. The highest BCUT2D eigenvalue weighted by atomic mass is 16.2. The van der Waals surface area contributed by atoms with Crippen molar-refractivity contribution >= 4 is 29.3 Å². The molecular weight excluding hydrogens is 290 g/mol. The highest BCUT2D eigenvalue weighted by Gasteiger charge is 2.29. The van der Waals surface area contributed by atoms with Gasteiger partial charge in [0, 0.05) is 35.8 Å². The molecule has 1 fully saturated rings. The molecule has 0 saturated heterocycles. The molecule has 1 saturated carbocycles. The van der Waals surface area contributed by atoms with Crippen molar-refractivity contribution in [3.8, 4) is 0 Å². The van der Waals surface area contributed by atoms with Crippen LogP contribution in [0.1, 0.15) is 18.4 Å². The Labute approximate surface area is 134 Å². The van der Waals surface area contributed by atoms with Crippen molar-refractivity contribution < 1.29 is 9.59 Å². The summed E-state index contributed by atoms with van der Waals surface area (Å²) in [5.74, 6) is 0.0248. The first kappa shape index (κ1) is 15.0. The zero-order valence-corrected chi connectivity index (χ0v) is 12.5. The van der Waals surface area contributed by atoms with Crippen molar-refractivity contribution in [3.63, 3.8) is 0 Å². The number of nitrogens with one attached hydrogen (secondary N) is 2. The first-order valence-corrected chi connectivity index (χ1v) is 7.51. The highest BCUT2D eigenvalue weighted by molar-refractivity contribution is 6.02. The third kappa shape index (κ3) is 4.51. The number of hydrogen-bond donors (Lipinski definition) is 2. The molecular formula is C18H17N3O2. The molecule has 1 aliphatic carbocycles. The molecule has 23 heavy (non-hydrogen) atoms. The summed E-state index contributed by atoms with van der Waals surface area (Å²) in [6.07, 6.45) is 8.47. The molecule has 5 nitrogen and oxygen atoms in total. The van der Waals surface area contributed by atoms with Crippen LogP contribution in [-0.2, 0) is 9.59 Å². The average molecular weight is 307 g/mol. The van der Waals surface area contributed by atoms with Crippen molar-refractivity contribution in [2.24, 2.45) is 5.92 Å². The van der Waals surface area contributed by atoms with Crippen molar-refractivity contribution in [1.29, 1.82) is 0 Å². The lowest BCUT2D eigenvalue weighted by Crippen LogP contribution is -2.13. The van der Waals surface area contributed by atoms with Gasteiger partial charge in [0.2, 0.25) is 11.8 Å². The van der Waals surface area contributed by atoms with E-state index >= 15 is 0 Å². The van der Waals surface area contributed by atoms with Crippen LogP contribution in [0, 0.1) is 5.92 Å². The van der Waals surface area contributed by atoms with E-state index in [-0.39, 0.29) is 17.7 Å². The Morgan fingerprint density at radius 1 is 1.04 bits per heavy atom. The van der Waals surface area contributed by atoms with Gasteiger partial charge in [0.25, 0.3) is 0 Å². The lowest BCUT2D eigenvalue weighted by molar-refractivity contribution is -0.117. The highest BCUT2D eigenvalue weighted by Crippen LogP contribution is 2.30. The molecule has 116 valence electrons. The van der Waals surface area contributed by atoms with Gasteiger partial charge in [-0.25, -0.2) is 0 Å². The number of aromatic nitrogens is 1. The largest absolute Gasteiger partial charge is 0.326 e. The van der Waals surface area contributed by atoms with Crippen molar-refractivity contribution in [2.45, 2.75) is 12.8 Å². The first-order valence-electron chi connectivity index (χ1n) is 7.51. The molecule has 0 aliphatic heterocycles. The van der Waals surface area contributed by atoms with Crippen molar-refractivity contribution in [1.82, 2.24) is 4.98 Å². The minimum Gasteiger partial charge on any atom is -0.326 e. The fourth-order valence-electron chi connectivity index (χ4n) is 2.06. The number of amides is 2. The van der Waals surface area contributed by atoms with Gasteiger partial charge in [-0.1, -0.05) is 6.07 Å². The topological polar surface area (TPSA) is 71.1 Å². The van der Waals surface area contributed by atoms with Gasteiger partial charge in [-0.05, 0) is 54.8 Å². The lowest BCUT2D eigenvalue weighted by Gasteiger charge is -2.06. The predicted molar refractivity (Wildman–Crippen MR) is 89.7 cm³/mol. The zero-order valence-electron chi connectivity index (χ0n) is 12.5. The summed E-state index contributed by atoms with van der Waals surface area (Å²) in [5, 5.41) is 5.63. The number of anilines is 2. The summed E-state index contributed by atoms with van der Waals surface area (Å²) in [4.78, 5) is 27.5. The van der Waals surface area contributed by atoms with E-state index in [9.17, 15) is 9.59 Å². The third-order valence-corrected chi connectivity index (χ3v) is 3.48. The van der Waals surface area contributed by atoms with Crippen LogP contribution >= 0.6 is 0 Å². The third-order valence-electron chi connectivity index (χ3n) is 3.48. The summed E-state index contributed by atoms with van der Waals surface area (Å²) in [6.45, 7) is 0. The van der Waals surface area contributed by atoms with E-state index in [1.165, 1.54) is 6.08 Å². The molecule has 1 heterocycles. The maximum atomic E-state index is 11.9. The molecule has 0 radical (unpaired) electrons. The molecule has 5 heteroatoms. The molecule has 0 unspecified atom stereocenters. The number of rotatable bonds is 5. The second-order valence-corrected chi connectivity index (χ2v) is 5.45. The van der Waals surface area contributed by atoms with E-state index in [0.29, 0.717) is 5.69 Å². The summed E-state index contributed by atoms with van der Waals surface area (Å²) >= 11 is 0. The maximum Gasteiger partial charge on any atom is 0.248 e. The Balaban J connectivity index is 1.54. The van der Waals surface area contributed by atoms with E-state index in [0.717, 1.165) is 24.1 Å². The molecule has 1 aromatic heterocycles. The molecule has 3 rings (SSSR count). The van der Waals surface area contributed by atoms with E-state index in [4.69, 9.17) is 0 Å². The van der Waals surface area contributed by atoms with E-state index in [1.54, 1.807) is 42.7 Å². The lowest BCUT2D eigenvalue weighted by atomic mass is 10.2. The SMILES string of the molecule is O=C(/C=C/c1cccnc1)Nc1ccc(NC(=O)C2CC2)cc1. The van der Waals surface area contributed by atoms with Gasteiger partial charge in [0.1, 0.15) is 0 Å². The second kappa shape index (κ2) is 6.87. The van der Waals surface area contributed by atoms with Gasteiger partial charge in [-0.2, -0.15) is 0 Å². The average Bonchev–Trinajstić information content (AvgIpc) is 3.41. The summed E-state index contributed by atoms with van der Waals surface area (Å²) in [6, 6.07) is 10.8. The molecule has 2 aromatic rings. The van der Waals surface area contributed by atoms with Crippen molar-refractivity contribution in [3.05, 3.63) is 60.4 Å². The van der Waals surface area contributed by atoms with Gasteiger partial charge >= 0.3 is 0 Å². The van der Waals surface area contributed by atoms with E-state index in [2.05, 4.69) is 15.6 Å². The van der Waals surface area contributed by atoms with Crippen LogP contribution in [0.15, 0.2) is 54.9 Å². The molecule has 1 aliphatic rings. The monoisotopic (exact) mass is 307 g/mol. The molecule has 0 spiro atoms. The minimum absolute atomic E-state index is 0.0705. The van der Waals surface area contributed by atoms with Gasteiger partial charge < -0.3 is 10.6 Å². The van der Waals surface area contributed by atoms with Gasteiger partial charge in [-0.15, -0.1) is 0 Å². The Morgan fingerprint density at radius 3 is 2.35 bits per heavy atom. The quantitative estimate of drug-likeness (QED) is 0.834. The van der Waals surface area contributed by atoms with Crippen LogP contribution in [-0.4, -0.2) is 16.8 Å². The fraction of sp³-hybridized carbons (Fsp3) is 0.167. The van der Waals surface area contributed by atoms with Gasteiger partial charge in [0.15, 0.2) is 0 Å². The smallest absolute Gasteiger partial charge is 0.248 e. The predicted octanol–water partition coefficient (Wildman–Crippen LogP) is 3.08. The molecule has 1 aromatic carbocycles. The maximum absolute atomic E-state index is 11.9. The van der Waals surface area contributed by atoms with Crippen molar-refractivity contribution in [2.75, 3.05) is 10.6 Å². The standard InChI is InChI=1S/C18H17N3O2/c22-17(10-3-13-2-1-11-19-12-13)20-15-6-8-16(9-7-15)21-18(23)14-4-5-14/h1-3,6-12,14H,4-5H2,(H,20,22)(H,21,23)/b10-3+. The second-order valence-electron chi connectivity index (χ2n) is 5.45. The minimum atomic E-state index is -0.219. The Morgan fingerprint density at radius 2 is 1.74 bits per heavy atom. The van der Waals surface area contributed by atoms with E-state index in [1.807, 2.05) is 12.1 Å². The molecule has 0 bridgehead atoms. The number of carbonyl (C=O) groups is 2. The van der Waals surface area contributed by atoms with Gasteiger partial charge in [0.05, 0.1) is 0 Å². The number of nitrogens with zero attached hydrogens (tertiary/aromatic N) is 1. The van der Waals surface area contributed by atoms with Gasteiger partial charge in [-0.3, -0.25) is 14.6 Å².